The summed E-state index contributed by atoms with van der Waals surface area (Å²) in [5, 5.41) is 0.863. The third-order valence-electron chi connectivity index (χ3n) is 9.97. The molecule has 45 heavy (non-hydrogen) atoms. The minimum absolute atomic E-state index is 0.0265. The second-order valence-corrected chi connectivity index (χ2v) is 12.8. The van der Waals surface area contributed by atoms with Crippen LogP contribution in [0.25, 0.3) is 10.9 Å². The van der Waals surface area contributed by atoms with E-state index in [0.29, 0.717) is 37.8 Å². The molecule has 0 radical (unpaired) electrons. The smallest absolute Gasteiger partial charge is 0.354 e. The van der Waals surface area contributed by atoms with Gasteiger partial charge >= 0.3 is 5.97 Å². The Bertz CT molecular complexity index is 1460. The molecule has 242 valence electrons. The number of hydrogen-bond acceptors (Lipinski definition) is 5. The first kappa shape index (κ1) is 32.9. The Morgan fingerprint density at radius 3 is 2.44 bits per heavy atom. The van der Waals surface area contributed by atoms with Gasteiger partial charge in [0.25, 0.3) is 0 Å². The van der Waals surface area contributed by atoms with E-state index in [4.69, 9.17) is 9.47 Å². The number of rotatable bonds is 13. The topological polar surface area (TPSA) is 77.8 Å². The number of Topliss-reactive ketones (excluding diaryl/α,β-unsaturated/α-hetero) is 1. The Morgan fingerprint density at radius 2 is 1.73 bits per heavy atom. The van der Waals surface area contributed by atoms with E-state index in [9.17, 15) is 18.8 Å². The van der Waals surface area contributed by atoms with Crippen LogP contribution in [0, 0.1) is 17.8 Å². The summed E-state index contributed by atoms with van der Waals surface area (Å²) in [5.41, 5.74) is 3.26. The zero-order valence-corrected chi connectivity index (χ0v) is 26.9. The van der Waals surface area contributed by atoms with Crippen LogP contribution in [0.5, 0.6) is 0 Å². The van der Waals surface area contributed by atoms with Crippen molar-refractivity contribution in [1.82, 2.24) is 9.47 Å². The lowest BCUT2D eigenvalue weighted by molar-refractivity contribution is -0.142. The van der Waals surface area contributed by atoms with E-state index in [-0.39, 0.29) is 55.1 Å². The van der Waals surface area contributed by atoms with Crippen LogP contribution in [0.3, 0.4) is 0 Å². The maximum Gasteiger partial charge on any atom is 0.354 e. The first-order valence-corrected chi connectivity index (χ1v) is 16.6. The van der Waals surface area contributed by atoms with Crippen LogP contribution in [0.15, 0.2) is 54.6 Å². The fourth-order valence-corrected chi connectivity index (χ4v) is 7.34. The van der Waals surface area contributed by atoms with Crippen molar-refractivity contribution in [2.24, 2.45) is 24.8 Å². The maximum atomic E-state index is 14.2. The number of halogens is 1. The number of aromatic nitrogens is 1. The van der Waals surface area contributed by atoms with E-state index in [2.05, 4.69) is 12.1 Å². The van der Waals surface area contributed by atoms with Gasteiger partial charge in [-0.2, -0.15) is 0 Å². The van der Waals surface area contributed by atoms with Crippen molar-refractivity contribution in [3.63, 3.8) is 0 Å². The Morgan fingerprint density at radius 1 is 0.978 bits per heavy atom. The zero-order valence-electron chi connectivity index (χ0n) is 26.9. The second kappa shape index (κ2) is 15.2. The molecule has 3 atom stereocenters. The van der Waals surface area contributed by atoms with Crippen LogP contribution < -0.4 is 0 Å². The molecule has 2 aromatic carbocycles. The lowest BCUT2D eigenvalue weighted by atomic mass is 9.76. The summed E-state index contributed by atoms with van der Waals surface area (Å²) < 4.78 is 25.9. The first-order valence-electron chi connectivity index (χ1n) is 16.6. The molecule has 3 aromatic rings. The van der Waals surface area contributed by atoms with Crippen LogP contribution in [0.2, 0.25) is 0 Å². The fraction of sp³-hybridized carbons (Fsp3) is 0.541. The minimum Gasteiger partial charge on any atom is -0.461 e. The van der Waals surface area contributed by atoms with Gasteiger partial charge in [0, 0.05) is 62.4 Å². The number of likely N-dealkylation sites (tertiary alicyclic amines) is 1. The summed E-state index contributed by atoms with van der Waals surface area (Å²) in [4.78, 5) is 42.7. The van der Waals surface area contributed by atoms with Crippen molar-refractivity contribution in [1.29, 1.82) is 0 Å². The minimum atomic E-state index is -0.531. The average molecular weight is 619 g/mol. The number of alkyl halides is 1. The third kappa shape index (κ3) is 7.49. The van der Waals surface area contributed by atoms with Crippen molar-refractivity contribution in [2.45, 2.75) is 70.8 Å². The number of ketones is 1. The Labute approximate surface area is 266 Å². The zero-order chi connectivity index (χ0) is 31.9. The number of nitrogens with zero attached hydrogens (tertiary/aromatic N) is 2. The van der Waals surface area contributed by atoms with E-state index >= 15 is 0 Å². The molecule has 5 rings (SSSR count). The third-order valence-corrected chi connectivity index (χ3v) is 9.97. The molecule has 7 nitrogen and oxygen atoms in total. The van der Waals surface area contributed by atoms with E-state index < -0.39 is 6.04 Å². The molecule has 1 amide bonds. The van der Waals surface area contributed by atoms with Crippen molar-refractivity contribution >= 4 is 28.6 Å². The molecular weight excluding hydrogens is 571 g/mol. The normalized spacial score (nSPS) is 22.4. The van der Waals surface area contributed by atoms with Crippen LogP contribution in [-0.2, 0) is 32.5 Å². The number of ether oxygens (including phenoxy) is 2. The number of aryl methyl sites for hydroxylation is 1. The summed E-state index contributed by atoms with van der Waals surface area (Å²) in [6.07, 6.45) is 4.80. The van der Waals surface area contributed by atoms with E-state index in [1.54, 1.807) is 0 Å². The van der Waals surface area contributed by atoms with Crippen LogP contribution in [0.1, 0.15) is 79.9 Å². The van der Waals surface area contributed by atoms with Gasteiger partial charge in [-0.15, -0.1) is 0 Å². The van der Waals surface area contributed by atoms with E-state index in [1.165, 1.54) is 0 Å². The van der Waals surface area contributed by atoms with Gasteiger partial charge in [-0.25, -0.2) is 4.79 Å². The van der Waals surface area contributed by atoms with Gasteiger partial charge in [0.1, 0.15) is 5.69 Å². The second-order valence-electron chi connectivity index (χ2n) is 12.8. The highest BCUT2D eigenvalue weighted by Gasteiger charge is 2.44. The van der Waals surface area contributed by atoms with E-state index in [0.717, 1.165) is 54.1 Å². The monoisotopic (exact) mass is 618 g/mol. The highest BCUT2D eigenvalue weighted by atomic mass is 19.1. The fourth-order valence-electron chi connectivity index (χ4n) is 7.34. The van der Waals surface area contributed by atoms with Crippen LogP contribution >= 0.6 is 0 Å². The number of esters is 1. The molecule has 2 heterocycles. The average Bonchev–Trinajstić information content (AvgIpc) is 3.66. The molecule has 0 N–H and O–H groups in total. The van der Waals surface area contributed by atoms with Crippen LogP contribution in [0.4, 0.5) is 4.39 Å². The summed E-state index contributed by atoms with van der Waals surface area (Å²) in [7, 11) is 1.84. The maximum absolute atomic E-state index is 14.2. The molecule has 0 spiro atoms. The predicted molar refractivity (Wildman–Crippen MR) is 173 cm³/mol. The highest BCUT2D eigenvalue weighted by Crippen LogP contribution is 2.39. The summed E-state index contributed by atoms with van der Waals surface area (Å²) in [6, 6.07) is 17.2. The number of amides is 1. The van der Waals surface area contributed by atoms with Gasteiger partial charge < -0.3 is 18.9 Å². The summed E-state index contributed by atoms with van der Waals surface area (Å²) in [5.74, 6) is -0.116. The molecule has 1 aliphatic heterocycles. The Hall–Kier alpha value is -3.52. The number of hydrogen-bond donors (Lipinski definition) is 0. The number of fused-ring (bicyclic) bond motifs is 1. The van der Waals surface area contributed by atoms with Gasteiger partial charge in [0.05, 0.1) is 19.3 Å². The highest BCUT2D eigenvalue weighted by molar-refractivity contribution is 5.97. The molecule has 0 bridgehead atoms. The van der Waals surface area contributed by atoms with Crippen LogP contribution in [-0.4, -0.2) is 66.2 Å². The van der Waals surface area contributed by atoms with Gasteiger partial charge in [-0.1, -0.05) is 43.3 Å². The van der Waals surface area contributed by atoms with Gasteiger partial charge in [-0.3, -0.25) is 14.0 Å². The largest absolute Gasteiger partial charge is 0.461 e. The summed E-state index contributed by atoms with van der Waals surface area (Å²) >= 11 is 0. The molecule has 2 fully saturated rings. The lowest BCUT2D eigenvalue weighted by Crippen LogP contribution is -2.46. The number of carbonyl (C=O) groups excluding carboxylic acids is 3. The SMILES string of the molecule is CCOCCCOC(=O)c1cc2cc(CC(=O)[C@@H]3[C@H](c4ccccc4)CCN3C(=O)C3CCC([C@H](C)CF)CC3)ccc2n1C. The molecule has 1 saturated heterocycles. The molecule has 2 aliphatic rings. The van der Waals surface area contributed by atoms with Gasteiger partial charge in [0.15, 0.2) is 5.78 Å². The van der Waals surface area contributed by atoms with Gasteiger partial charge in [0.2, 0.25) is 5.91 Å². The molecule has 0 unspecified atom stereocenters. The Kier molecular flexibility index (Phi) is 11.1. The molecule has 1 saturated carbocycles. The molecular formula is C37H47FN2O5. The van der Waals surface area contributed by atoms with Crippen molar-refractivity contribution < 1.29 is 28.2 Å². The van der Waals surface area contributed by atoms with E-state index in [1.807, 2.05) is 72.8 Å². The Balaban J connectivity index is 1.32. The van der Waals surface area contributed by atoms with Crippen molar-refractivity contribution in [2.75, 3.05) is 33.0 Å². The number of carbonyl (C=O) groups is 3. The molecule has 1 aromatic heterocycles. The molecule has 8 heteroatoms. The van der Waals surface area contributed by atoms with Gasteiger partial charge in [-0.05, 0) is 80.2 Å². The molecule has 1 aliphatic carbocycles. The number of benzene rings is 2. The lowest BCUT2D eigenvalue weighted by Gasteiger charge is -2.35. The van der Waals surface area contributed by atoms with Crippen molar-refractivity contribution in [3.8, 4) is 0 Å². The quantitative estimate of drug-likeness (QED) is 0.158. The predicted octanol–water partition coefficient (Wildman–Crippen LogP) is 6.67. The first-order chi connectivity index (χ1) is 21.8. The standard InChI is InChI=1S/C37H47FN2O5/c1-4-44-19-8-20-45-37(43)33-23-30-21-26(11-16-32(30)39(33)3)22-34(41)35-31(28-9-6-5-7-10-28)17-18-40(35)36(42)29-14-12-27(13-15-29)25(2)24-38/h5-7,9-11,16,21,23,25,27,29,31,35H,4,8,12-15,17-20,22,24H2,1-3H3/t25-,27?,29?,31+,35+/m1/s1. The van der Waals surface area contributed by atoms with Crippen molar-refractivity contribution in [3.05, 3.63) is 71.4 Å². The summed E-state index contributed by atoms with van der Waals surface area (Å²) in [6.45, 7) is 5.59.